The average molecular weight is 369 g/mol. The number of aromatic nitrogens is 3. The highest BCUT2D eigenvalue weighted by molar-refractivity contribution is 6.33. The highest BCUT2D eigenvalue weighted by Crippen LogP contribution is 2.23. The van der Waals surface area contributed by atoms with Crippen LogP contribution >= 0.6 is 11.6 Å². The quantitative estimate of drug-likeness (QED) is 0.688. The molecule has 6 heteroatoms. The number of pyridine rings is 1. The van der Waals surface area contributed by atoms with Gasteiger partial charge in [-0.1, -0.05) is 56.6 Å². The zero-order valence-corrected chi connectivity index (χ0v) is 15.8. The summed E-state index contributed by atoms with van der Waals surface area (Å²) in [7, 11) is 0. The summed E-state index contributed by atoms with van der Waals surface area (Å²) in [6.45, 7) is 7.12. The Morgan fingerprint density at radius 2 is 1.85 bits per heavy atom. The molecule has 3 rings (SSSR count). The Kier molecular flexibility index (Phi) is 5.09. The number of rotatable bonds is 4. The van der Waals surface area contributed by atoms with Crippen LogP contribution in [-0.4, -0.2) is 20.7 Å². The molecule has 0 atom stereocenters. The van der Waals surface area contributed by atoms with Crippen LogP contribution in [0.1, 0.15) is 42.3 Å². The number of nitrogens with zero attached hydrogens (tertiary/aromatic N) is 3. The topological polar surface area (TPSA) is 59.8 Å². The number of carbonyl (C=O) groups excluding carboxylic acids is 1. The molecule has 0 saturated carbocycles. The van der Waals surface area contributed by atoms with Gasteiger partial charge in [-0.3, -0.25) is 4.79 Å². The Bertz CT molecular complexity index is 910. The van der Waals surface area contributed by atoms with Gasteiger partial charge in [0.05, 0.1) is 18.3 Å². The normalized spacial score (nSPS) is 11.4. The minimum absolute atomic E-state index is 0.117. The fourth-order valence-corrected chi connectivity index (χ4v) is 2.79. The maximum absolute atomic E-state index is 12.4. The van der Waals surface area contributed by atoms with Crippen molar-refractivity contribution >= 4 is 23.3 Å². The summed E-state index contributed by atoms with van der Waals surface area (Å²) >= 11 is 5.99. The van der Waals surface area contributed by atoms with Gasteiger partial charge in [-0.15, -0.1) is 0 Å². The Hall–Kier alpha value is -2.66. The molecule has 26 heavy (non-hydrogen) atoms. The van der Waals surface area contributed by atoms with E-state index >= 15 is 0 Å². The first-order valence-electron chi connectivity index (χ1n) is 8.38. The first-order chi connectivity index (χ1) is 12.3. The van der Waals surface area contributed by atoms with Crippen LogP contribution < -0.4 is 5.32 Å². The van der Waals surface area contributed by atoms with Gasteiger partial charge in [0.1, 0.15) is 11.0 Å². The number of carbonyl (C=O) groups is 1. The molecular weight excluding hydrogens is 348 g/mol. The van der Waals surface area contributed by atoms with Crippen molar-refractivity contribution < 1.29 is 4.79 Å². The lowest BCUT2D eigenvalue weighted by molar-refractivity contribution is 0.102. The van der Waals surface area contributed by atoms with E-state index in [1.165, 1.54) is 5.56 Å². The third-order valence-electron chi connectivity index (χ3n) is 4.11. The lowest BCUT2D eigenvalue weighted by atomic mass is 9.87. The van der Waals surface area contributed by atoms with Crippen LogP contribution in [0.2, 0.25) is 5.15 Å². The number of hydrogen-bond donors (Lipinski definition) is 1. The lowest BCUT2D eigenvalue weighted by Crippen LogP contribution is -2.17. The molecule has 0 fully saturated rings. The molecule has 2 heterocycles. The molecule has 0 spiro atoms. The molecule has 0 saturated heterocycles. The van der Waals surface area contributed by atoms with Crippen molar-refractivity contribution in [2.45, 2.75) is 32.7 Å². The minimum atomic E-state index is -0.312. The Morgan fingerprint density at radius 1 is 1.12 bits per heavy atom. The number of halogens is 1. The van der Waals surface area contributed by atoms with Crippen LogP contribution in [0.3, 0.4) is 0 Å². The molecule has 0 bridgehead atoms. The summed E-state index contributed by atoms with van der Waals surface area (Å²) in [6.07, 6.45) is 3.20. The predicted molar refractivity (Wildman–Crippen MR) is 104 cm³/mol. The molecule has 134 valence electrons. The molecule has 1 aromatic carbocycles. The van der Waals surface area contributed by atoms with Gasteiger partial charge in [0.15, 0.2) is 0 Å². The largest absolute Gasteiger partial charge is 0.307 e. The molecule has 0 aliphatic rings. The zero-order valence-electron chi connectivity index (χ0n) is 15.0. The molecule has 3 aromatic rings. The Balaban J connectivity index is 1.75. The highest BCUT2D eigenvalue weighted by atomic mass is 35.5. The van der Waals surface area contributed by atoms with Crippen molar-refractivity contribution in [2.75, 3.05) is 5.32 Å². The van der Waals surface area contributed by atoms with Crippen LogP contribution in [0.15, 0.2) is 54.9 Å². The third kappa shape index (κ3) is 4.11. The lowest BCUT2D eigenvalue weighted by Gasteiger charge is -2.19. The number of hydrogen-bond acceptors (Lipinski definition) is 3. The molecule has 0 radical (unpaired) electrons. The van der Waals surface area contributed by atoms with Gasteiger partial charge in [0.2, 0.25) is 0 Å². The fourth-order valence-electron chi connectivity index (χ4n) is 2.59. The first kappa shape index (κ1) is 18.1. The van der Waals surface area contributed by atoms with Gasteiger partial charge in [-0.25, -0.2) is 9.67 Å². The van der Waals surface area contributed by atoms with E-state index < -0.39 is 0 Å². The van der Waals surface area contributed by atoms with E-state index in [1.54, 1.807) is 35.3 Å². The second-order valence-electron chi connectivity index (χ2n) is 7.12. The summed E-state index contributed by atoms with van der Waals surface area (Å²) in [6, 6.07) is 13.5. The smallest absolute Gasteiger partial charge is 0.259 e. The molecule has 5 nitrogen and oxygen atoms in total. The van der Waals surface area contributed by atoms with Crippen molar-refractivity contribution in [2.24, 2.45) is 0 Å². The number of benzene rings is 1. The predicted octanol–water partition coefficient (Wildman–Crippen LogP) is 4.53. The summed E-state index contributed by atoms with van der Waals surface area (Å²) in [5.74, 6) is 0.294. The van der Waals surface area contributed by atoms with Crippen molar-refractivity contribution in [1.82, 2.24) is 14.8 Å². The van der Waals surface area contributed by atoms with E-state index in [0.29, 0.717) is 17.9 Å². The van der Waals surface area contributed by atoms with Gasteiger partial charge in [-0.05, 0) is 28.7 Å². The van der Waals surface area contributed by atoms with Crippen LogP contribution in [0, 0.1) is 0 Å². The third-order valence-corrected chi connectivity index (χ3v) is 4.42. The second kappa shape index (κ2) is 7.30. The SMILES string of the molecule is CC(C)(C)c1ccc(Cn2nccc2NC(=O)c2cccnc2Cl)cc1. The van der Waals surface area contributed by atoms with Gasteiger partial charge >= 0.3 is 0 Å². The van der Waals surface area contributed by atoms with Crippen LogP contribution in [0.25, 0.3) is 0 Å². The minimum Gasteiger partial charge on any atom is -0.307 e. The number of amides is 1. The highest BCUT2D eigenvalue weighted by Gasteiger charge is 2.15. The molecular formula is C20H21ClN4O. The summed E-state index contributed by atoms with van der Waals surface area (Å²) < 4.78 is 1.74. The summed E-state index contributed by atoms with van der Waals surface area (Å²) in [5.41, 5.74) is 2.83. The van der Waals surface area contributed by atoms with Gasteiger partial charge in [0, 0.05) is 12.3 Å². The molecule has 0 unspecified atom stereocenters. The van der Waals surface area contributed by atoms with Gasteiger partial charge in [-0.2, -0.15) is 5.10 Å². The van der Waals surface area contributed by atoms with Crippen molar-refractivity contribution in [1.29, 1.82) is 0 Å². The Morgan fingerprint density at radius 3 is 2.50 bits per heavy atom. The van der Waals surface area contributed by atoms with Crippen LogP contribution in [0.5, 0.6) is 0 Å². The van der Waals surface area contributed by atoms with E-state index in [-0.39, 0.29) is 16.5 Å². The molecule has 1 amide bonds. The second-order valence-corrected chi connectivity index (χ2v) is 7.47. The fraction of sp³-hybridized carbons (Fsp3) is 0.250. The van der Waals surface area contributed by atoms with Gasteiger partial charge < -0.3 is 5.32 Å². The van der Waals surface area contributed by atoms with E-state index in [4.69, 9.17) is 11.6 Å². The average Bonchev–Trinajstić information content (AvgIpc) is 3.01. The van der Waals surface area contributed by atoms with E-state index in [2.05, 4.69) is 60.4 Å². The van der Waals surface area contributed by atoms with Crippen molar-refractivity contribution in [3.8, 4) is 0 Å². The standard InChI is InChI=1S/C20H21ClN4O/c1-20(2,3)15-8-6-14(7-9-15)13-25-17(10-12-23-25)24-19(26)16-5-4-11-22-18(16)21/h4-12H,13H2,1-3H3,(H,24,26). The van der Waals surface area contributed by atoms with E-state index in [9.17, 15) is 4.79 Å². The molecule has 1 N–H and O–H groups in total. The van der Waals surface area contributed by atoms with Crippen molar-refractivity contribution in [3.05, 3.63) is 76.7 Å². The number of anilines is 1. The van der Waals surface area contributed by atoms with E-state index in [1.807, 2.05) is 0 Å². The van der Waals surface area contributed by atoms with Crippen molar-refractivity contribution in [3.63, 3.8) is 0 Å². The van der Waals surface area contributed by atoms with Gasteiger partial charge in [0.25, 0.3) is 5.91 Å². The number of nitrogens with one attached hydrogen (secondary N) is 1. The summed E-state index contributed by atoms with van der Waals surface area (Å²) in [4.78, 5) is 16.3. The van der Waals surface area contributed by atoms with Crippen LogP contribution in [-0.2, 0) is 12.0 Å². The molecule has 2 aromatic heterocycles. The zero-order chi connectivity index (χ0) is 18.7. The summed E-state index contributed by atoms with van der Waals surface area (Å²) in [5, 5.41) is 7.32. The Labute approximate surface area is 158 Å². The van der Waals surface area contributed by atoms with E-state index in [0.717, 1.165) is 5.56 Å². The molecule has 0 aliphatic carbocycles. The molecule has 0 aliphatic heterocycles. The maximum atomic E-state index is 12.4. The first-order valence-corrected chi connectivity index (χ1v) is 8.75. The van der Waals surface area contributed by atoms with Crippen LogP contribution in [0.4, 0.5) is 5.82 Å². The maximum Gasteiger partial charge on any atom is 0.259 e. The monoisotopic (exact) mass is 368 g/mol.